The van der Waals surface area contributed by atoms with E-state index in [0.717, 1.165) is 5.75 Å². The molecule has 0 spiro atoms. The van der Waals surface area contributed by atoms with Gasteiger partial charge in [-0.15, -0.1) is 0 Å². The SMILES string of the molecule is CC(C)OCCOc1ccc(OCC(O)CNCCNC(=O)Nc2cccc(Cl)c2)cc1. The third-order valence-electron chi connectivity index (χ3n) is 4.12. The van der Waals surface area contributed by atoms with Crippen LogP contribution in [0.4, 0.5) is 10.5 Å². The Hall–Kier alpha value is -2.52. The van der Waals surface area contributed by atoms with Crippen molar-refractivity contribution in [3.63, 3.8) is 0 Å². The van der Waals surface area contributed by atoms with Crippen LogP contribution in [0.1, 0.15) is 13.8 Å². The zero-order valence-electron chi connectivity index (χ0n) is 18.5. The van der Waals surface area contributed by atoms with Crippen molar-refractivity contribution in [1.82, 2.24) is 10.6 Å². The lowest BCUT2D eigenvalue weighted by Crippen LogP contribution is -2.38. The van der Waals surface area contributed by atoms with Crippen LogP contribution in [-0.2, 0) is 4.74 Å². The summed E-state index contributed by atoms with van der Waals surface area (Å²) >= 11 is 5.88. The lowest BCUT2D eigenvalue weighted by molar-refractivity contribution is 0.0552. The normalized spacial score (nSPS) is 11.8. The Morgan fingerprint density at radius 2 is 1.75 bits per heavy atom. The number of aliphatic hydroxyl groups is 1. The number of aliphatic hydroxyl groups excluding tert-OH is 1. The van der Waals surface area contributed by atoms with Crippen molar-refractivity contribution in [3.05, 3.63) is 53.6 Å². The summed E-state index contributed by atoms with van der Waals surface area (Å²) in [5.41, 5.74) is 0.621. The molecular formula is C23H32ClN3O5. The Kier molecular flexibility index (Phi) is 11.7. The minimum atomic E-state index is -0.681. The molecule has 176 valence electrons. The Morgan fingerprint density at radius 3 is 2.44 bits per heavy atom. The lowest BCUT2D eigenvalue weighted by Gasteiger charge is -2.14. The number of carbonyl (C=O) groups is 1. The van der Waals surface area contributed by atoms with Gasteiger partial charge in [-0.3, -0.25) is 0 Å². The van der Waals surface area contributed by atoms with Crippen molar-refractivity contribution < 1.29 is 24.1 Å². The first-order chi connectivity index (χ1) is 15.4. The molecule has 2 aromatic carbocycles. The van der Waals surface area contributed by atoms with Gasteiger partial charge in [0, 0.05) is 30.3 Å². The number of hydrogen-bond acceptors (Lipinski definition) is 6. The number of benzene rings is 2. The summed E-state index contributed by atoms with van der Waals surface area (Å²) in [4.78, 5) is 11.8. The van der Waals surface area contributed by atoms with Crippen LogP contribution in [0.25, 0.3) is 0 Å². The molecule has 2 amide bonds. The third-order valence-corrected chi connectivity index (χ3v) is 4.35. The van der Waals surface area contributed by atoms with E-state index in [1.54, 1.807) is 36.4 Å². The van der Waals surface area contributed by atoms with Crippen LogP contribution < -0.4 is 25.4 Å². The number of urea groups is 1. The third kappa shape index (κ3) is 11.2. The van der Waals surface area contributed by atoms with Gasteiger partial charge < -0.3 is 35.3 Å². The molecule has 4 N–H and O–H groups in total. The van der Waals surface area contributed by atoms with E-state index >= 15 is 0 Å². The Labute approximate surface area is 194 Å². The quantitative estimate of drug-likeness (QED) is 0.319. The van der Waals surface area contributed by atoms with Gasteiger partial charge in [0.25, 0.3) is 0 Å². The van der Waals surface area contributed by atoms with Gasteiger partial charge in [0.15, 0.2) is 0 Å². The molecule has 0 aliphatic rings. The molecule has 32 heavy (non-hydrogen) atoms. The largest absolute Gasteiger partial charge is 0.491 e. The summed E-state index contributed by atoms with van der Waals surface area (Å²) in [6.45, 7) is 6.39. The lowest BCUT2D eigenvalue weighted by atomic mass is 10.3. The highest BCUT2D eigenvalue weighted by Gasteiger charge is 2.06. The van der Waals surface area contributed by atoms with Crippen LogP contribution in [-0.4, -0.2) is 62.8 Å². The van der Waals surface area contributed by atoms with Crippen LogP contribution in [0, 0.1) is 0 Å². The fourth-order valence-corrected chi connectivity index (χ4v) is 2.79. The molecular weight excluding hydrogens is 434 g/mol. The van der Waals surface area contributed by atoms with E-state index in [2.05, 4.69) is 16.0 Å². The molecule has 0 fully saturated rings. The van der Waals surface area contributed by atoms with Crippen LogP contribution in [0.15, 0.2) is 48.5 Å². The number of halogens is 1. The van der Waals surface area contributed by atoms with E-state index in [9.17, 15) is 9.90 Å². The van der Waals surface area contributed by atoms with Crippen molar-refractivity contribution >= 4 is 23.3 Å². The maximum absolute atomic E-state index is 11.8. The molecule has 0 aromatic heterocycles. The van der Waals surface area contributed by atoms with Gasteiger partial charge in [-0.25, -0.2) is 4.79 Å². The highest BCUT2D eigenvalue weighted by Crippen LogP contribution is 2.18. The molecule has 2 rings (SSSR count). The number of hydrogen-bond donors (Lipinski definition) is 4. The molecule has 1 atom stereocenters. The van der Waals surface area contributed by atoms with Crippen LogP contribution in [0.2, 0.25) is 5.02 Å². The first kappa shape index (κ1) is 25.7. The molecule has 0 aliphatic heterocycles. The van der Waals surface area contributed by atoms with Gasteiger partial charge in [-0.2, -0.15) is 0 Å². The predicted octanol–water partition coefficient (Wildman–Crippen LogP) is 3.29. The fraction of sp³-hybridized carbons (Fsp3) is 0.435. The summed E-state index contributed by atoms with van der Waals surface area (Å²) in [5, 5.41) is 19.1. The van der Waals surface area contributed by atoms with Gasteiger partial charge in [0.2, 0.25) is 0 Å². The molecule has 0 saturated carbocycles. The molecule has 0 saturated heterocycles. The highest BCUT2D eigenvalue weighted by molar-refractivity contribution is 6.30. The van der Waals surface area contributed by atoms with Gasteiger partial charge in [-0.05, 0) is 56.3 Å². The first-order valence-electron chi connectivity index (χ1n) is 10.6. The number of anilines is 1. The maximum Gasteiger partial charge on any atom is 0.319 e. The van der Waals surface area contributed by atoms with Gasteiger partial charge in [0.1, 0.15) is 30.8 Å². The smallest absolute Gasteiger partial charge is 0.319 e. The summed E-state index contributed by atoms with van der Waals surface area (Å²) in [6.07, 6.45) is -0.495. The summed E-state index contributed by atoms with van der Waals surface area (Å²) in [7, 11) is 0. The molecule has 0 radical (unpaired) electrons. The zero-order valence-corrected chi connectivity index (χ0v) is 19.2. The zero-order chi connectivity index (χ0) is 23.2. The van der Waals surface area contributed by atoms with Gasteiger partial charge in [0.05, 0.1) is 12.7 Å². The van der Waals surface area contributed by atoms with E-state index < -0.39 is 6.10 Å². The summed E-state index contributed by atoms with van der Waals surface area (Å²) < 4.78 is 16.6. The monoisotopic (exact) mass is 465 g/mol. The number of ether oxygens (including phenoxy) is 3. The van der Waals surface area contributed by atoms with Gasteiger partial charge >= 0.3 is 6.03 Å². The van der Waals surface area contributed by atoms with Crippen LogP contribution in [0.5, 0.6) is 11.5 Å². The minimum Gasteiger partial charge on any atom is -0.491 e. The average molecular weight is 466 g/mol. The Morgan fingerprint density at radius 1 is 1.03 bits per heavy atom. The van der Waals surface area contributed by atoms with Crippen molar-refractivity contribution in [2.75, 3.05) is 44.8 Å². The molecule has 8 nitrogen and oxygen atoms in total. The van der Waals surface area contributed by atoms with E-state index in [1.807, 2.05) is 26.0 Å². The van der Waals surface area contributed by atoms with Crippen LogP contribution >= 0.6 is 11.6 Å². The second-order valence-corrected chi connectivity index (χ2v) is 7.74. The maximum atomic E-state index is 11.8. The van der Waals surface area contributed by atoms with E-state index in [1.165, 1.54) is 0 Å². The Bertz CT molecular complexity index is 804. The van der Waals surface area contributed by atoms with Crippen molar-refractivity contribution in [2.45, 2.75) is 26.1 Å². The standard InChI is InChI=1S/C23H32ClN3O5/c1-17(2)30-12-13-31-21-6-8-22(9-7-21)32-16-20(28)15-25-10-11-26-23(29)27-19-5-3-4-18(24)14-19/h3-9,14,17,20,25,28H,10-13,15-16H2,1-2H3,(H2,26,27,29). The molecule has 0 aliphatic carbocycles. The fourth-order valence-electron chi connectivity index (χ4n) is 2.60. The molecule has 0 bridgehead atoms. The molecule has 9 heteroatoms. The van der Waals surface area contributed by atoms with E-state index in [4.69, 9.17) is 25.8 Å². The molecule has 1 unspecified atom stereocenters. The number of carbonyl (C=O) groups excluding carboxylic acids is 1. The van der Waals surface area contributed by atoms with Crippen molar-refractivity contribution in [3.8, 4) is 11.5 Å². The topological polar surface area (TPSA) is 101 Å². The van der Waals surface area contributed by atoms with Crippen molar-refractivity contribution in [1.29, 1.82) is 0 Å². The van der Waals surface area contributed by atoms with E-state index in [-0.39, 0.29) is 18.7 Å². The number of amides is 2. The van der Waals surface area contributed by atoms with Gasteiger partial charge in [-0.1, -0.05) is 17.7 Å². The molecule has 0 heterocycles. The first-order valence-corrected chi connectivity index (χ1v) is 11.0. The van der Waals surface area contributed by atoms with E-state index in [0.29, 0.717) is 49.3 Å². The predicted molar refractivity (Wildman–Crippen MR) is 126 cm³/mol. The van der Waals surface area contributed by atoms with Crippen LogP contribution in [0.3, 0.4) is 0 Å². The second kappa shape index (κ2) is 14.5. The number of rotatable bonds is 14. The molecule has 2 aromatic rings. The number of nitrogens with one attached hydrogen (secondary N) is 3. The van der Waals surface area contributed by atoms with Crippen molar-refractivity contribution in [2.24, 2.45) is 0 Å². The highest BCUT2D eigenvalue weighted by atomic mass is 35.5. The average Bonchev–Trinajstić information content (AvgIpc) is 2.75. The second-order valence-electron chi connectivity index (χ2n) is 7.30. The minimum absolute atomic E-state index is 0.151. The summed E-state index contributed by atoms with van der Waals surface area (Å²) in [6, 6.07) is 13.8. The Balaban J connectivity index is 1.52. The summed E-state index contributed by atoms with van der Waals surface area (Å²) in [5.74, 6) is 1.38.